The first-order valence-corrected chi connectivity index (χ1v) is 10.5. The first-order chi connectivity index (χ1) is 16.0. The Morgan fingerprint density at radius 3 is 2.67 bits per heavy atom. The van der Waals surface area contributed by atoms with Gasteiger partial charge in [-0.15, -0.1) is 0 Å². The molecule has 1 fully saturated rings. The summed E-state index contributed by atoms with van der Waals surface area (Å²) in [5.41, 5.74) is 0.816. The molecule has 0 unspecified atom stereocenters. The van der Waals surface area contributed by atoms with Gasteiger partial charge >= 0.3 is 5.97 Å². The number of esters is 1. The molecule has 8 nitrogen and oxygen atoms in total. The predicted octanol–water partition coefficient (Wildman–Crippen LogP) is 3.92. The van der Waals surface area contributed by atoms with Gasteiger partial charge in [0.25, 0.3) is 0 Å². The number of nitrogens with one attached hydrogen (secondary N) is 2. The largest absolute Gasteiger partial charge is 0.490 e. The summed E-state index contributed by atoms with van der Waals surface area (Å²) in [6.45, 7) is 1.99. The fraction of sp³-hybridized carbons (Fsp3) is 0.261. The zero-order valence-corrected chi connectivity index (χ0v) is 17.8. The van der Waals surface area contributed by atoms with E-state index in [2.05, 4.69) is 32.1 Å². The zero-order valence-electron chi connectivity index (χ0n) is 17.8. The standard InChI is InChI=1S/C23H21F2N5O3/c1-30-9-7-13(8-10-30)32-14-5-6-17-18(11-14)28-22(27-17)21-19(12-26-29-21)33-23(31)20-15(24)3-2-4-16(20)25/h2-6,11-13H,7-10H2,1H3,(H,26,29)(H,27,28). The highest BCUT2D eigenvalue weighted by Gasteiger charge is 2.23. The molecule has 0 spiro atoms. The topological polar surface area (TPSA) is 96.1 Å². The number of nitrogens with zero attached hydrogens (tertiary/aromatic N) is 3. The van der Waals surface area contributed by atoms with E-state index in [4.69, 9.17) is 9.47 Å². The van der Waals surface area contributed by atoms with Crippen molar-refractivity contribution in [3.8, 4) is 23.0 Å². The number of aromatic nitrogens is 4. The van der Waals surface area contributed by atoms with E-state index in [9.17, 15) is 13.6 Å². The van der Waals surface area contributed by atoms with E-state index in [1.807, 2.05) is 18.2 Å². The Kier molecular flexibility index (Phi) is 5.51. The van der Waals surface area contributed by atoms with Gasteiger partial charge in [-0.05, 0) is 44.2 Å². The number of hydrogen-bond acceptors (Lipinski definition) is 6. The van der Waals surface area contributed by atoms with E-state index in [-0.39, 0.29) is 17.5 Å². The van der Waals surface area contributed by atoms with Crippen LogP contribution in [0.5, 0.6) is 11.5 Å². The van der Waals surface area contributed by atoms with Crippen molar-refractivity contribution < 1.29 is 23.0 Å². The fourth-order valence-corrected chi connectivity index (χ4v) is 3.84. The molecule has 0 bridgehead atoms. The van der Waals surface area contributed by atoms with Crippen molar-refractivity contribution in [3.05, 3.63) is 59.8 Å². The molecule has 0 saturated carbocycles. The minimum atomic E-state index is -1.17. The molecule has 170 valence electrons. The van der Waals surface area contributed by atoms with E-state index >= 15 is 0 Å². The number of benzene rings is 2. The van der Waals surface area contributed by atoms with Crippen LogP contribution in [0.1, 0.15) is 23.2 Å². The van der Waals surface area contributed by atoms with Gasteiger partial charge in [0.15, 0.2) is 17.3 Å². The van der Waals surface area contributed by atoms with E-state index in [0.29, 0.717) is 11.3 Å². The van der Waals surface area contributed by atoms with Gasteiger partial charge < -0.3 is 19.4 Å². The maximum Gasteiger partial charge on any atom is 0.349 e. The Hall–Kier alpha value is -3.79. The van der Waals surface area contributed by atoms with E-state index in [1.54, 1.807) is 0 Å². The average molecular weight is 453 g/mol. The number of aromatic amines is 2. The van der Waals surface area contributed by atoms with Crippen LogP contribution in [-0.2, 0) is 0 Å². The third-order valence-corrected chi connectivity index (χ3v) is 5.62. The molecule has 4 aromatic rings. The lowest BCUT2D eigenvalue weighted by Gasteiger charge is -2.29. The van der Waals surface area contributed by atoms with Crippen LogP contribution >= 0.6 is 0 Å². The summed E-state index contributed by atoms with van der Waals surface area (Å²) in [5, 5.41) is 6.67. The SMILES string of the molecule is CN1CCC(Oc2ccc3[nH]c(-c4n[nH]cc4OC(=O)c4c(F)cccc4F)nc3c2)CC1. The first kappa shape index (κ1) is 21.1. The van der Waals surface area contributed by atoms with Crippen LogP contribution in [0.3, 0.4) is 0 Å². The minimum Gasteiger partial charge on any atom is -0.490 e. The second-order valence-corrected chi connectivity index (χ2v) is 7.97. The van der Waals surface area contributed by atoms with Gasteiger partial charge in [-0.25, -0.2) is 18.6 Å². The summed E-state index contributed by atoms with van der Waals surface area (Å²) in [4.78, 5) is 22.3. The van der Waals surface area contributed by atoms with Crippen LogP contribution in [0.15, 0.2) is 42.6 Å². The van der Waals surface area contributed by atoms with Gasteiger partial charge in [0.1, 0.15) is 29.1 Å². The molecule has 2 aromatic carbocycles. The molecule has 0 radical (unpaired) electrons. The van der Waals surface area contributed by atoms with Crippen LogP contribution in [0.25, 0.3) is 22.6 Å². The molecular weight excluding hydrogens is 432 g/mol. The molecule has 33 heavy (non-hydrogen) atoms. The Bertz CT molecular complexity index is 1290. The Labute approximate surface area is 187 Å². The number of imidazole rings is 1. The number of hydrogen-bond donors (Lipinski definition) is 2. The van der Waals surface area contributed by atoms with Crippen molar-refractivity contribution in [2.45, 2.75) is 18.9 Å². The molecule has 1 aliphatic heterocycles. The van der Waals surface area contributed by atoms with Crippen LogP contribution in [0.4, 0.5) is 8.78 Å². The summed E-state index contributed by atoms with van der Waals surface area (Å²) in [7, 11) is 2.10. The van der Waals surface area contributed by atoms with Gasteiger partial charge in [-0.2, -0.15) is 5.10 Å². The molecule has 2 N–H and O–H groups in total. The number of piperidine rings is 1. The van der Waals surface area contributed by atoms with Crippen LogP contribution in [-0.4, -0.2) is 57.3 Å². The third kappa shape index (κ3) is 4.29. The number of likely N-dealkylation sites (tertiary alicyclic amines) is 1. The van der Waals surface area contributed by atoms with Crippen molar-refractivity contribution >= 4 is 17.0 Å². The van der Waals surface area contributed by atoms with Gasteiger partial charge in [0.05, 0.1) is 17.2 Å². The van der Waals surface area contributed by atoms with E-state index < -0.39 is 23.2 Å². The summed E-state index contributed by atoms with van der Waals surface area (Å²) in [5.74, 6) is -2.14. The molecule has 1 aliphatic rings. The van der Waals surface area contributed by atoms with Crippen LogP contribution < -0.4 is 9.47 Å². The third-order valence-electron chi connectivity index (χ3n) is 5.62. The maximum absolute atomic E-state index is 13.9. The highest BCUT2D eigenvalue weighted by Crippen LogP contribution is 2.30. The smallest absolute Gasteiger partial charge is 0.349 e. The Morgan fingerprint density at radius 1 is 1.15 bits per heavy atom. The number of H-pyrrole nitrogens is 2. The van der Waals surface area contributed by atoms with Crippen molar-refractivity contribution in [1.29, 1.82) is 0 Å². The number of rotatable bonds is 5. The number of carbonyl (C=O) groups is 1. The highest BCUT2D eigenvalue weighted by molar-refractivity contribution is 5.92. The summed E-state index contributed by atoms with van der Waals surface area (Å²) < 4.78 is 39.2. The van der Waals surface area contributed by atoms with Gasteiger partial charge in [-0.3, -0.25) is 5.10 Å². The molecule has 0 aliphatic carbocycles. The normalized spacial score (nSPS) is 15.1. The van der Waals surface area contributed by atoms with Gasteiger partial charge in [0, 0.05) is 19.2 Å². The molecule has 1 saturated heterocycles. The monoisotopic (exact) mass is 453 g/mol. The maximum atomic E-state index is 13.9. The lowest BCUT2D eigenvalue weighted by molar-refractivity contribution is 0.0725. The lowest BCUT2D eigenvalue weighted by atomic mass is 10.1. The number of halogens is 2. The number of carbonyl (C=O) groups excluding carboxylic acids is 1. The molecule has 3 heterocycles. The number of ether oxygens (including phenoxy) is 2. The predicted molar refractivity (Wildman–Crippen MR) is 116 cm³/mol. The van der Waals surface area contributed by atoms with Crippen molar-refractivity contribution in [1.82, 2.24) is 25.1 Å². The van der Waals surface area contributed by atoms with Crippen molar-refractivity contribution in [3.63, 3.8) is 0 Å². The summed E-state index contributed by atoms with van der Waals surface area (Å²) in [6.07, 6.45) is 3.40. The summed E-state index contributed by atoms with van der Waals surface area (Å²) in [6, 6.07) is 8.70. The van der Waals surface area contributed by atoms with Crippen LogP contribution in [0, 0.1) is 11.6 Å². The van der Waals surface area contributed by atoms with E-state index in [0.717, 1.165) is 49.3 Å². The molecule has 10 heteroatoms. The minimum absolute atomic E-state index is 0.00971. The highest BCUT2D eigenvalue weighted by atomic mass is 19.1. The summed E-state index contributed by atoms with van der Waals surface area (Å²) >= 11 is 0. The second-order valence-electron chi connectivity index (χ2n) is 7.97. The molecule has 2 aromatic heterocycles. The van der Waals surface area contributed by atoms with Gasteiger partial charge in [-0.1, -0.05) is 6.07 Å². The molecule has 5 rings (SSSR count). The Morgan fingerprint density at radius 2 is 1.91 bits per heavy atom. The molecular formula is C23H21F2N5O3. The fourth-order valence-electron chi connectivity index (χ4n) is 3.84. The second kappa shape index (κ2) is 8.62. The first-order valence-electron chi connectivity index (χ1n) is 10.5. The van der Waals surface area contributed by atoms with Gasteiger partial charge in [0.2, 0.25) is 0 Å². The number of fused-ring (bicyclic) bond motifs is 1. The molecule has 0 atom stereocenters. The average Bonchev–Trinajstić information content (AvgIpc) is 3.41. The van der Waals surface area contributed by atoms with Crippen molar-refractivity contribution in [2.75, 3.05) is 20.1 Å². The molecule has 0 amide bonds. The zero-order chi connectivity index (χ0) is 22.9. The van der Waals surface area contributed by atoms with Crippen LogP contribution in [0.2, 0.25) is 0 Å². The van der Waals surface area contributed by atoms with E-state index in [1.165, 1.54) is 12.3 Å². The Balaban J connectivity index is 1.37. The lowest BCUT2D eigenvalue weighted by Crippen LogP contribution is -2.35. The quantitative estimate of drug-likeness (QED) is 0.445. The van der Waals surface area contributed by atoms with Crippen molar-refractivity contribution in [2.24, 2.45) is 0 Å².